The lowest BCUT2D eigenvalue weighted by molar-refractivity contribution is -0.121. The molecule has 5 heteroatoms. The van der Waals surface area contributed by atoms with Crippen molar-refractivity contribution in [2.24, 2.45) is 17.6 Å². The van der Waals surface area contributed by atoms with E-state index < -0.39 is 0 Å². The van der Waals surface area contributed by atoms with E-state index in [9.17, 15) is 9.59 Å². The largest absolute Gasteiger partial charge is 0.327 e. The van der Waals surface area contributed by atoms with E-state index in [1.165, 1.54) is 6.42 Å². The highest BCUT2D eigenvalue weighted by Gasteiger charge is 2.21. The van der Waals surface area contributed by atoms with Gasteiger partial charge in [0.15, 0.2) is 0 Å². The number of rotatable bonds is 5. The Hall–Kier alpha value is -1.88. The van der Waals surface area contributed by atoms with Crippen molar-refractivity contribution in [2.75, 3.05) is 10.6 Å². The van der Waals surface area contributed by atoms with Crippen LogP contribution in [0.25, 0.3) is 0 Å². The molecule has 5 nitrogen and oxygen atoms in total. The van der Waals surface area contributed by atoms with Crippen molar-refractivity contribution >= 4 is 23.2 Å². The van der Waals surface area contributed by atoms with Gasteiger partial charge in [-0.2, -0.15) is 0 Å². The number of anilines is 2. The maximum Gasteiger partial charge on any atom is 0.228 e. The van der Waals surface area contributed by atoms with Crippen molar-refractivity contribution in [3.8, 4) is 0 Å². The van der Waals surface area contributed by atoms with Crippen molar-refractivity contribution in [3.63, 3.8) is 0 Å². The van der Waals surface area contributed by atoms with Gasteiger partial charge in [-0.05, 0) is 38.0 Å². The fourth-order valence-electron chi connectivity index (χ4n) is 2.78. The molecular formula is C18H27N3O2. The minimum atomic E-state index is -0.268. The quantitative estimate of drug-likeness (QED) is 0.780. The first kappa shape index (κ1) is 17.5. The van der Waals surface area contributed by atoms with Crippen molar-refractivity contribution in [3.05, 3.63) is 24.3 Å². The molecule has 2 atom stereocenters. The third kappa shape index (κ3) is 5.06. The van der Waals surface area contributed by atoms with E-state index in [1.54, 1.807) is 13.0 Å². The second-order valence-electron chi connectivity index (χ2n) is 6.54. The molecule has 126 valence electrons. The second-order valence-corrected chi connectivity index (χ2v) is 6.54. The number of nitrogens with two attached hydrogens (primary N) is 1. The molecule has 0 bridgehead atoms. The van der Waals surface area contributed by atoms with Gasteiger partial charge >= 0.3 is 0 Å². The normalized spacial score (nSPS) is 18.0. The molecule has 0 heterocycles. The van der Waals surface area contributed by atoms with Gasteiger partial charge in [0.2, 0.25) is 11.8 Å². The Bertz CT molecular complexity index is 551. The topological polar surface area (TPSA) is 84.2 Å². The molecule has 0 radical (unpaired) electrons. The summed E-state index contributed by atoms with van der Waals surface area (Å²) in [5.74, 6) is -0.191. The van der Waals surface area contributed by atoms with Gasteiger partial charge in [0, 0.05) is 23.3 Å². The van der Waals surface area contributed by atoms with E-state index in [0.29, 0.717) is 11.4 Å². The van der Waals surface area contributed by atoms with Crippen LogP contribution in [0.1, 0.15) is 46.0 Å². The summed E-state index contributed by atoms with van der Waals surface area (Å²) in [5.41, 5.74) is 7.14. The summed E-state index contributed by atoms with van der Waals surface area (Å²) in [5, 5.41) is 5.81. The van der Waals surface area contributed by atoms with E-state index in [2.05, 4.69) is 10.6 Å². The van der Waals surface area contributed by atoms with Crippen molar-refractivity contribution in [1.82, 2.24) is 0 Å². The SMILES string of the molecule is CC(N)C(C)C(=O)Nc1cccc(NC(=O)C2CCCCC2)c1. The number of amides is 2. The maximum absolute atomic E-state index is 12.3. The van der Waals surface area contributed by atoms with Gasteiger partial charge in [0.1, 0.15) is 0 Å². The van der Waals surface area contributed by atoms with Crippen LogP contribution in [0, 0.1) is 11.8 Å². The van der Waals surface area contributed by atoms with Gasteiger partial charge in [-0.3, -0.25) is 9.59 Å². The highest BCUT2D eigenvalue weighted by atomic mass is 16.2. The Morgan fingerprint density at radius 1 is 1.09 bits per heavy atom. The Balaban J connectivity index is 1.96. The molecule has 2 rings (SSSR count). The highest BCUT2D eigenvalue weighted by Crippen LogP contribution is 2.25. The molecular weight excluding hydrogens is 290 g/mol. The molecule has 1 aromatic carbocycles. The molecule has 0 saturated heterocycles. The van der Waals surface area contributed by atoms with Crippen molar-refractivity contribution in [1.29, 1.82) is 0 Å². The first-order valence-corrected chi connectivity index (χ1v) is 8.44. The molecule has 1 aliphatic rings. The third-order valence-electron chi connectivity index (χ3n) is 4.58. The van der Waals surface area contributed by atoms with Crippen LogP contribution >= 0.6 is 0 Å². The van der Waals surface area contributed by atoms with Crippen LogP contribution in [0.5, 0.6) is 0 Å². The first-order chi connectivity index (χ1) is 11.0. The minimum absolute atomic E-state index is 0.0807. The summed E-state index contributed by atoms with van der Waals surface area (Å²) < 4.78 is 0. The number of nitrogens with one attached hydrogen (secondary N) is 2. The van der Waals surface area contributed by atoms with Gasteiger partial charge in [0.25, 0.3) is 0 Å². The van der Waals surface area contributed by atoms with Gasteiger partial charge in [0.05, 0.1) is 5.92 Å². The fraction of sp³-hybridized carbons (Fsp3) is 0.556. The zero-order valence-electron chi connectivity index (χ0n) is 14.0. The lowest BCUT2D eigenvalue weighted by Gasteiger charge is -2.21. The van der Waals surface area contributed by atoms with Crippen molar-refractivity contribution in [2.45, 2.75) is 52.0 Å². The minimum Gasteiger partial charge on any atom is -0.327 e. The molecule has 0 aromatic heterocycles. The number of benzene rings is 1. The summed E-state index contributed by atoms with van der Waals surface area (Å²) in [6, 6.07) is 7.05. The zero-order chi connectivity index (χ0) is 16.8. The number of carbonyl (C=O) groups is 2. The molecule has 2 amide bonds. The van der Waals surface area contributed by atoms with Crippen LogP contribution in [0.15, 0.2) is 24.3 Å². The van der Waals surface area contributed by atoms with Crippen LogP contribution in [-0.2, 0) is 9.59 Å². The second kappa shape index (κ2) is 8.11. The summed E-state index contributed by atoms with van der Waals surface area (Å²) >= 11 is 0. The summed E-state index contributed by atoms with van der Waals surface area (Å²) in [6.45, 7) is 3.61. The summed E-state index contributed by atoms with van der Waals surface area (Å²) in [7, 11) is 0. The predicted molar refractivity (Wildman–Crippen MR) is 93.1 cm³/mol. The zero-order valence-corrected chi connectivity index (χ0v) is 14.0. The molecule has 1 aliphatic carbocycles. The van der Waals surface area contributed by atoms with Crippen LogP contribution in [0.2, 0.25) is 0 Å². The predicted octanol–water partition coefficient (Wildman–Crippen LogP) is 3.13. The Morgan fingerprint density at radius 2 is 1.70 bits per heavy atom. The van der Waals surface area contributed by atoms with Gasteiger partial charge in [-0.15, -0.1) is 0 Å². The molecule has 1 aromatic rings. The molecule has 2 unspecified atom stereocenters. The van der Waals surface area contributed by atoms with Gasteiger partial charge in [-0.1, -0.05) is 32.3 Å². The maximum atomic E-state index is 12.3. The lowest BCUT2D eigenvalue weighted by atomic mass is 9.88. The standard InChI is InChI=1S/C18H27N3O2/c1-12(13(2)19)17(22)20-15-9-6-10-16(11-15)21-18(23)14-7-4-3-5-8-14/h6,9-14H,3-5,7-8,19H2,1-2H3,(H,20,22)(H,21,23). The molecule has 1 fully saturated rings. The lowest BCUT2D eigenvalue weighted by Crippen LogP contribution is -2.34. The molecule has 1 saturated carbocycles. The van der Waals surface area contributed by atoms with Crippen LogP contribution in [-0.4, -0.2) is 17.9 Å². The van der Waals surface area contributed by atoms with E-state index in [1.807, 2.05) is 25.1 Å². The molecule has 4 N–H and O–H groups in total. The van der Waals surface area contributed by atoms with E-state index in [0.717, 1.165) is 25.7 Å². The molecule has 0 aliphatic heterocycles. The van der Waals surface area contributed by atoms with E-state index in [-0.39, 0.29) is 29.7 Å². The van der Waals surface area contributed by atoms with E-state index in [4.69, 9.17) is 5.73 Å². The summed E-state index contributed by atoms with van der Waals surface area (Å²) in [6.07, 6.45) is 5.41. The van der Waals surface area contributed by atoms with Crippen LogP contribution in [0.3, 0.4) is 0 Å². The average molecular weight is 317 g/mol. The van der Waals surface area contributed by atoms with Crippen LogP contribution in [0.4, 0.5) is 11.4 Å². The Morgan fingerprint density at radius 3 is 2.30 bits per heavy atom. The number of hydrogen-bond donors (Lipinski definition) is 3. The van der Waals surface area contributed by atoms with Crippen molar-refractivity contribution < 1.29 is 9.59 Å². The summed E-state index contributed by atoms with van der Waals surface area (Å²) in [4.78, 5) is 24.3. The number of hydrogen-bond acceptors (Lipinski definition) is 3. The molecule has 0 spiro atoms. The third-order valence-corrected chi connectivity index (χ3v) is 4.58. The highest BCUT2D eigenvalue weighted by molar-refractivity contribution is 5.95. The Labute approximate surface area is 138 Å². The van der Waals surface area contributed by atoms with Gasteiger partial charge in [-0.25, -0.2) is 0 Å². The monoisotopic (exact) mass is 317 g/mol. The number of carbonyl (C=O) groups excluding carboxylic acids is 2. The first-order valence-electron chi connectivity index (χ1n) is 8.44. The van der Waals surface area contributed by atoms with Crippen LogP contribution < -0.4 is 16.4 Å². The average Bonchev–Trinajstić information content (AvgIpc) is 2.55. The fourth-order valence-corrected chi connectivity index (χ4v) is 2.78. The Kier molecular flexibility index (Phi) is 6.16. The van der Waals surface area contributed by atoms with Gasteiger partial charge < -0.3 is 16.4 Å². The van der Waals surface area contributed by atoms with E-state index >= 15 is 0 Å². The smallest absolute Gasteiger partial charge is 0.228 e. The molecule has 23 heavy (non-hydrogen) atoms.